The van der Waals surface area contributed by atoms with Crippen molar-refractivity contribution < 1.29 is 9.59 Å². The number of aromatic nitrogens is 2. The van der Waals surface area contributed by atoms with Crippen molar-refractivity contribution >= 4 is 28.4 Å². The third kappa shape index (κ3) is 4.93. The molecule has 0 atom stereocenters. The van der Waals surface area contributed by atoms with Gasteiger partial charge in [0.1, 0.15) is 0 Å². The van der Waals surface area contributed by atoms with Crippen LogP contribution in [-0.2, 0) is 4.79 Å². The average molecular weight is 448 g/mol. The first-order chi connectivity index (χ1) is 15.8. The first kappa shape index (κ1) is 23.0. The lowest BCUT2D eigenvalue weighted by molar-refractivity contribution is -0.117. The fourth-order valence-electron chi connectivity index (χ4n) is 4.46. The molecule has 2 heterocycles. The molecule has 1 aliphatic rings. The number of amides is 2. The molecule has 2 N–H and O–H groups in total. The Kier molecular flexibility index (Phi) is 6.79. The number of carbonyl (C=O) groups is 2. The summed E-state index contributed by atoms with van der Waals surface area (Å²) in [6.45, 7) is 11.4. The van der Waals surface area contributed by atoms with Crippen molar-refractivity contribution in [3.05, 3.63) is 59.3 Å². The van der Waals surface area contributed by atoms with Gasteiger partial charge in [0.25, 0.3) is 5.91 Å². The van der Waals surface area contributed by atoms with E-state index in [9.17, 15) is 9.59 Å². The van der Waals surface area contributed by atoms with Gasteiger partial charge >= 0.3 is 0 Å². The number of nitrogens with zero attached hydrogens (tertiary/aromatic N) is 3. The second-order valence-electron chi connectivity index (χ2n) is 9.36. The monoisotopic (exact) mass is 447 g/mol. The second kappa shape index (κ2) is 9.75. The van der Waals surface area contributed by atoms with Crippen molar-refractivity contribution in [1.29, 1.82) is 0 Å². The normalized spacial score (nSPS) is 14.9. The lowest BCUT2D eigenvalue weighted by Crippen LogP contribution is -2.50. The molecule has 0 saturated carbocycles. The van der Waals surface area contributed by atoms with Gasteiger partial charge in [0.2, 0.25) is 5.91 Å². The van der Waals surface area contributed by atoms with Crippen molar-refractivity contribution in [3.8, 4) is 0 Å². The fraction of sp³-hybridized carbons (Fsp3) is 0.423. The Bertz CT molecular complexity index is 1120. The molecule has 0 bridgehead atoms. The molecule has 1 aromatic heterocycles. The predicted molar refractivity (Wildman–Crippen MR) is 132 cm³/mol. The number of H-pyrrole nitrogens is 1. The SMILES string of the molecule is CC(C)c1cccc(C(C)C)c1NC(=O)CN1CCN(C(=O)c2n[nH]c3ccccc23)CC1. The molecule has 33 heavy (non-hydrogen) atoms. The number of para-hydroxylation sites is 2. The van der Waals surface area contributed by atoms with E-state index in [2.05, 4.69) is 66.3 Å². The molecule has 0 radical (unpaired) electrons. The van der Waals surface area contributed by atoms with Crippen molar-refractivity contribution in [3.63, 3.8) is 0 Å². The van der Waals surface area contributed by atoms with Gasteiger partial charge in [-0.3, -0.25) is 19.6 Å². The predicted octanol–water partition coefficient (Wildman–Crippen LogP) is 4.21. The van der Waals surface area contributed by atoms with E-state index in [-0.39, 0.29) is 11.8 Å². The highest BCUT2D eigenvalue weighted by Gasteiger charge is 2.26. The van der Waals surface area contributed by atoms with E-state index >= 15 is 0 Å². The molecule has 7 heteroatoms. The third-order valence-electron chi connectivity index (χ3n) is 6.34. The van der Waals surface area contributed by atoms with Crippen LogP contribution in [0.25, 0.3) is 10.9 Å². The Morgan fingerprint density at radius 1 is 0.939 bits per heavy atom. The summed E-state index contributed by atoms with van der Waals surface area (Å²) in [5, 5.41) is 11.2. The summed E-state index contributed by atoms with van der Waals surface area (Å²) >= 11 is 0. The minimum absolute atomic E-state index is 0.0110. The number of aromatic amines is 1. The fourth-order valence-corrected chi connectivity index (χ4v) is 4.46. The first-order valence-corrected chi connectivity index (χ1v) is 11.7. The summed E-state index contributed by atoms with van der Waals surface area (Å²) < 4.78 is 0. The summed E-state index contributed by atoms with van der Waals surface area (Å²) in [6.07, 6.45) is 0. The molecule has 2 aromatic carbocycles. The molecule has 1 saturated heterocycles. The van der Waals surface area contributed by atoms with E-state index in [1.807, 2.05) is 29.2 Å². The van der Waals surface area contributed by atoms with E-state index in [4.69, 9.17) is 0 Å². The van der Waals surface area contributed by atoms with Crippen molar-refractivity contribution in [2.75, 3.05) is 38.0 Å². The maximum absolute atomic E-state index is 13.0. The molecular weight excluding hydrogens is 414 g/mol. The molecule has 1 aliphatic heterocycles. The van der Waals surface area contributed by atoms with E-state index in [0.717, 1.165) is 27.7 Å². The minimum atomic E-state index is -0.0658. The summed E-state index contributed by atoms with van der Waals surface area (Å²) in [5.41, 5.74) is 4.60. The topological polar surface area (TPSA) is 81.3 Å². The molecule has 174 valence electrons. The highest BCUT2D eigenvalue weighted by molar-refractivity contribution is 6.04. The standard InChI is InChI=1S/C26H33N5O2/c1-17(2)19-9-7-10-20(18(3)4)24(19)27-23(32)16-30-12-14-31(15-13-30)26(33)25-21-8-5-6-11-22(21)28-29-25/h5-11,17-18H,12-16H2,1-4H3,(H,27,32)(H,28,29). The number of benzene rings is 2. The van der Waals surface area contributed by atoms with Crippen molar-refractivity contribution in [1.82, 2.24) is 20.0 Å². The lowest BCUT2D eigenvalue weighted by Gasteiger charge is -2.34. The number of hydrogen-bond donors (Lipinski definition) is 2. The van der Waals surface area contributed by atoms with Crippen LogP contribution in [0.2, 0.25) is 0 Å². The molecule has 4 rings (SSSR count). The Labute approximate surface area is 195 Å². The van der Waals surface area contributed by atoms with Gasteiger partial charge in [0, 0.05) is 37.3 Å². The smallest absolute Gasteiger partial charge is 0.275 e. The Morgan fingerprint density at radius 2 is 1.58 bits per heavy atom. The Balaban J connectivity index is 1.37. The number of carbonyl (C=O) groups excluding carboxylic acids is 2. The van der Waals surface area contributed by atoms with Crippen LogP contribution in [0.5, 0.6) is 0 Å². The van der Waals surface area contributed by atoms with Gasteiger partial charge in [0.05, 0.1) is 12.1 Å². The van der Waals surface area contributed by atoms with Crippen LogP contribution in [0.1, 0.15) is 61.1 Å². The number of rotatable bonds is 6. The minimum Gasteiger partial charge on any atom is -0.335 e. The van der Waals surface area contributed by atoms with Crippen molar-refractivity contribution in [2.24, 2.45) is 0 Å². The Hall–Kier alpha value is -3.19. The number of anilines is 1. The highest BCUT2D eigenvalue weighted by atomic mass is 16.2. The van der Waals surface area contributed by atoms with Gasteiger partial charge in [-0.25, -0.2) is 0 Å². The van der Waals surface area contributed by atoms with Gasteiger partial charge in [-0.05, 0) is 29.0 Å². The Morgan fingerprint density at radius 3 is 2.21 bits per heavy atom. The molecule has 1 fully saturated rings. The van der Waals surface area contributed by atoms with Crippen LogP contribution in [0.3, 0.4) is 0 Å². The molecular formula is C26H33N5O2. The quantitative estimate of drug-likeness (QED) is 0.593. The van der Waals surface area contributed by atoms with Gasteiger partial charge in [0.15, 0.2) is 5.69 Å². The molecule has 2 amide bonds. The number of hydrogen-bond acceptors (Lipinski definition) is 4. The van der Waals surface area contributed by atoms with Crippen LogP contribution in [-0.4, -0.2) is 64.5 Å². The average Bonchev–Trinajstić information content (AvgIpc) is 3.23. The summed E-state index contributed by atoms with van der Waals surface area (Å²) in [4.78, 5) is 29.9. The summed E-state index contributed by atoms with van der Waals surface area (Å²) in [6, 6.07) is 13.9. The number of piperazine rings is 1. The summed E-state index contributed by atoms with van der Waals surface area (Å²) in [7, 11) is 0. The maximum atomic E-state index is 13.0. The first-order valence-electron chi connectivity index (χ1n) is 11.7. The van der Waals surface area contributed by atoms with Crippen LogP contribution in [0, 0.1) is 0 Å². The van der Waals surface area contributed by atoms with E-state index in [0.29, 0.717) is 50.3 Å². The van der Waals surface area contributed by atoms with Crippen LogP contribution in [0.4, 0.5) is 5.69 Å². The van der Waals surface area contributed by atoms with E-state index in [1.165, 1.54) is 0 Å². The largest absolute Gasteiger partial charge is 0.335 e. The third-order valence-corrected chi connectivity index (χ3v) is 6.34. The number of fused-ring (bicyclic) bond motifs is 1. The lowest BCUT2D eigenvalue weighted by atomic mass is 9.92. The van der Waals surface area contributed by atoms with Crippen molar-refractivity contribution in [2.45, 2.75) is 39.5 Å². The van der Waals surface area contributed by atoms with Gasteiger partial charge < -0.3 is 10.2 Å². The zero-order chi connectivity index (χ0) is 23.5. The van der Waals surface area contributed by atoms with E-state index in [1.54, 1.807) is 0 Å². The maximum Gasteiger partial charge on any atom is 0.275 e. The molecule has 3 aromatic rings. The molecule has 7 nitrogen and oxygen atoms in total. The van der Waals surface area contributed by atoms with Crippen LogP contribution < -0.4 is 5.32 Å². The van der Waals surface area contributed by atoms with Crippen LogP contribution in [0.15, 0.2) is 42.5 Å². The van der Waals surface area contributed by atoms with Gasteiger partial charge in [-0.1, -0.05) is 64.1 Å². The van der Waals surface area contributed by atoms with E-state index < -0.39 is 0 Å². The zero-order valence-corrected chi connectivity index (χ0v) is 19.9. The molecule has 0 unspecified atom stereocenters. The molecule has 0 spiro atoms. The van der Waals surface area contributed by atoms with Gasteiger partial charge in [-0.2, -0.15) is 5.10 Å². The number of nitrogens with one attached hydrogen (secondary N) is 2. The van der Waals surface area contributed by atoms with Gasteiger partial charge in [-0.15, -0.1) is 0 Å². The zero-order valence-electron chi connectivity index (χ0n) is 19.9. The molecule has 0 aliphatic carbocycles. The summed E-state index contributed by atoms with van der Waals surface area (Å²) in [5.74, 6) is 0.574. The second-order valence-corrected chi connectivity index (χ2v) is 9.36. The van der Waals surface area contributed by atoms with Crippen LogP contribution >= 0.6 is 0 Å². The highest BCUT2D eigenvalue weighted by Crippen LogP contribution is 2.32.